The third-order valence-electron chi connectivity index (χ3n) is 4.02. The van der Waals surface area contributed by atoms with Crippen LogP contribution in [0.25, 0.3) is 22.2 Å². The molecule has 0 spiro atoms. The van der Waals surface area contributed by atoms with Gasteiger partial charge in [0.15, 0.2) is 0 Å². The molecule has 0 fully saturated rings. The van der Waals surface area contributed by atoms with E-state index in [0.717, 1.165) is 10.6 Å². The molecule has 8 heteroatoms. The van der Waals surface area contributed by atoms with E-state index in [2.05, 4.69) is 15.0 Å². The maximum Gasteiger partial charge on any atom is 0.351 e. The van der Waals surface area contributed by atoms with Crippen molar-refractivity contribution in [2.24, 2.45) is 0 Å². The Bertz CT molecular complexity index is 1230. The number of carbonyl (C=O) groups is 1. The third-order valence-corrected chi connectivity index (χ3v) is 5.21. The Kier molecular flexibility index (Phi) is 4.93. The van der Waals surface area contributed by atoms with Crippen LogP contribution in [0.4, 0.5) is 0 Å². The number of ether oxygens (including phenoxy) is 1. The summed E-state index contributed by atoms with van der Waals surface area (Å²) in [6.07, 6.45) is 0. The maximum atomic E-state index is 12.6. The van der Waals surface area contributed by atoms with E-state index in [0.29, 0.717) is 26.5 Å². The first-order chi connectivity index (χ1) is 13.5. The van der Waals surface area contributed by atoms with Crippen molar-refractivity contribution in [3.05, 3.63) is 79.6 Å². The van der Waals surface area contributed by atoms with Crippen LogP contribution in [-0.2, 0) is 11.3 Å². The Morgan fingerprint density at radius 1 is 1.18 bits per heavy atom. The topological polar surface area (TPSA) is 84.9 Å². The van der Waals surface area contributed by atoms with Crippen LogP contribution in [0.2, 0.25) is 5.02 Å². The number of hydrogen-bond acceptors (Lipinski definition) is 6. The number of hydrogen-bond donors (Lipinski definition) is 1. The standard InChI is InChI=1S/C20H14ClN3O3S/c1-11-22-17(12-5-3-2-4-6-12)18(28-11)20(26)27-10-16-23-15-8-7-13(21)9-14(15)19(25)24-16/h2-9H,10H2,1H3,(H,23,24,25). The van der Waals surface area contributed by atoms with Crippen LogP contribution in [0.3, 0.4) is 0 Å². The molecule has 0 aliphatic rings. The van der Waals surface area contributed by atoms with Gasteiger partial charge in [-0.2, -0.15) is 0 Å². The van der Waals surface area contributed by atoms with Crippen LogP contribution < -0.4 is 5.56 Å². The number of H-pyrrole nitrogens is 1. The van der Waals surface area contributed by atoms with Gasteiger partial charge in [-0.3, -0.25) is 4.79 Å². The number of carbonyl (C=O) groups excluding carboxylic acids is 1. The number of nitrogens with zero attached hydrogens (tertiary/aromatic N) is 2. The lowest BCUT2D eigenvalue weighted by Gasteiger charge is -2.06. The summed E-state index contributed by atoms with van der Waals surface area (Å²) < 4.78 is 5.39. The third kappa shape index (κ3) is 3.67. The number of esters is 1. The van der Waals surface area contributed by atoms with Crippen LogP contribution in [0.15, 0.2) is 53.3 Å². The summed E-state index contributed by atoms with van der Waals surface area (Å²) in [6.45, 7) is 1.68. The lowest BCUT2D eigenvalue weighted by Crippen LogP contribution is -2.14. The van der Waals surface area contributed by atoms with Crippen LogP contribution >= 0.6 is 22.9 Å². The second-order valence-electron chi connectivity index (χ2n) is 6.03. The molecule has 0 aliphatic heterocycles. The summed E-state index contributed by atoms with van der Waals surface area (Å²) in [5.74, 6) is -0.251. The largest absolute Gasteiger partial charge is 0.453 e. The molecular formula is C20H14ClN3O3S. The van der Waals surface area contributed by atoms with Gasteiger partial charge in [-0.1, -0.05) is 41.9 Å². The fraction of sp³-hybridized carbons (Fsp3) is 0.100. The maximum absolute atomic E-state index is 12.6. The smallest absolute Gasteiger partial charge is 0.351 e. The number of rotatable bonds is 4. The molecule has 4 aromatic rings. The van der Waals surface area contributed by atoms with Crippen molar-refractivity contribution in [3.63, 3.8) is 0 Å². The Hall–Kier alpha value is -3.03. The Morgan fingerprint density at radius 3 is 2.75 bits per heavy atom. The van der Waals surface area contributed by atoms with E-state index in [1.807, 2.05) is 37.3 Å². The number of halogens is 1. The highest BCUT2D eigenvalue weighted by atomic mass is 35.5. The van der Waals surface area contributed by atoms with E-state index >= 15 is 0 Å². The lowest BCUT2D eigenvalue weighted by molar-refractivity contribution is 0.0469. The van der Waals surface area contributed by atoms with E-state index in [9.17, 15) is 9.59 Å². The molecular weight excluding hydrogens is 398 g/mol. The Labute approximate surface area is 168 Å². The van der Waals surface area contributed by atoms with Gasteiger partial charge in [0.1, 0.15) is 17.3 Å². The van der Waals surface area contributed by atoms with Crippen LogP contribution in [0, 0.1) is 6.92 Å². The predicted molar refractivity (Wildman–Crippen MR) is 109 cm³/mol. The van der Waals surface area contributed by atoms with Crippen molar-refractivity contribution in [3.8, 4) is 11.3 Å². The highest BCUT2D eigenvalue weighted by Gasteiger charge is 2.20. The van der Waals surface area contributed by atoms with Crippen LogP contribution in [0.5, 0.6) is 0 Å². The lowest BCUT2D eigenvalue weighted by atomic mass is 10.1. The molecule has 28 heavy (non-hydrogen) atoms. The molecule has 2 aromatic heterocycles. The quantitative estimate of drug-likeness (QED) is 0.504. The van der Waals surface area contributed by atoms with Gasteiger partial charge >= 0.3 is 5.97 Å². The molecule has 0 amide bonds. The molecule has 6 nitrogen and oxygen atoms in total. The first-order valence-electron chi connectivity index (χ1n) is 8.39. The van der Waals surface area contributed by atoms with Crippen molar-refractivity contribution in [2.45, 2.75) is 13.5 Å². The average Bonchev–Trinajstić information content (AvgIpc) is 3.09. The summed E-state index contributed by atoms with van der Waals surface area (Å²) in [6, 6.07) is 14.3. The van der Waals surface area contributed by atoms with Crippen molar-refractivity contribution < 1.29 is 9.53 Å². The van der Waals surface area contributed by atoms with Gasteiger partial charge < -0.3 is 9.72 Å². The highest BCUT2D eigenvalue weighted by molar-refractivity contribution is 7.14. The van der Waals surface area contributed by atoms with E-state index in [1.54, 1.807) is 18.2 Å². The minimum absolute atomic E-state index is 0.155. The Morgan fingerprint density at radius 2 is 1.96 bits per heavy atom. The SMILES string of the molecule is Cc1nc(-c2ccccc2)c(C(=O)OCc2nc3ccc(Cl)cc3c(=O)[nH]2)s1. The zero-order chi connectivity index (χ0) is 19.7. The number of thiazole rings is 1. The second kappa shape index (κ2) is 7.53. The number of aromatic amines is 1. The van der Waals surface area contributed by atoms with E-state index in [1.165, 1.54) is 11.3 Å². The van der Waals surface area contributed by atoms with E-state index < -0.39 is 5.97 Å². The number of aryl methyl sites for hydroxylation is 1. The normalized spacial score (nSPS) is 10.9. The first-order valence-corrected chi connectivity index (χ1v) is 9.59. The number of fused-ring (bicyclic) bond motifs is 1. The fourth-order valence-corrected chi connectivity index (χ4v) is 3.79. The summed E-state index contributed by atoms with van der Waals surface area (Å²) in [4.78, 5) is 36.6. The zero-order valence-corrected chi connectivity index (χ0v) is 16.3. The molecule has 140 valence electrons. The summed E-state index contributed by atoms with van der Waals surface area (Å²) in [5.41, 5.74) is 1.57. The van der Waals surface area contributed by atoms with Crippen molar-refractivity contribution >= 4 is 39.8 Å². The summed E-state index contributed by atoms with van der Waals surface area (Å²) in [7, 11) is 0. The van der Waals surface area contributed by atoms with E-state index in [-0.39, 0.29) is 18.0 Å². The zero-order valence-electron chi connectivity index (χ0n) is 14.7. The van der Waals surface area contributed by atoms with Gasteiger partial charge in [0.25, 0.3) is 5.56 Å². The average molecular weight is 412 g/mol. The van der Waals surface area contributed by atoms with Crippen LogP contribution in [-0.4, -0.2) is 20.9 Å². The van der Waals surface area contributed by atoms with Crippen molar-refractivity contribution in [2.75, 3.05) is 0 Å². The first kappa shape index (κ1) is 18.3. The van der Waals surface area contributed by atoms with Crippen molar-refractivity contribution in [1.29, 1.82) is 0 Å². The monoisotopic (exact) mass is 411 g/mol. The minimum Gasteiger partial charge on any atom is -0.453 e. The van der Waals surface area contributed by atoms with Gasteiger partial charge in [0.05, 0.1) is 21.6 Å². The van der Waals surface area contributed by atoms with Crippen molar-refractivity contribution in [1.82, 2.24) is 15.0 Å². The second-order valence-corrected chi connectivity index (χ2v) is 7.67. The highest BCUT2D eigenvalue weighted by Crippen LogP contribution is 2.28. The molecule has 0 saturated carbocycles. The fourth-order valence-electron chi connectivity index (χ4n) is 2.78. The number of nitrogens with one attached hydrogen (secondary N) is 1. The Balaban J connectivity index is 1.58. The summed E-state index contributed by atoms with van der Waals surface area (Å²) in [5, 5.41) is 1.60. The number of benzene rings is 2. The molecule has 0 bridgehead atoms. The molecule has 0 atom stereocenters. The molecule has 4 rings (SSSR count). The number of aromatic nitrogens is 3. The van der Waals surface area contributed by atoms with Gasteiger partial charge in [-0.05, 0) is 25.1 Å². The molecule has 0 radical (unpaired) electrons. The molecule has 0 saturated heterocycles. The molecule has 1 N–H and O–H groups in total. The molecule has 2 aromatic carbocycles. The molecule has 2 heterocycles. The predicted octanol–water partition coefficient (Wildman–Crippen LogP) is 4.37. The minimum atomic E-state index is -0.511. The molecule has 0 aliphatic carbocycles. The van der Waals surface area contributed by atoms with Gasteiger partial charge in [-0.25, -0.2) is 14.8 Å². The van der Waals surface area contributed by atoms with Gasteiger partial charge in [0.2, 0.25) is 0 Å². The molecule has 0 unspecified atom stereocenters. The van der Waals surface area contributed by atoms with Gasteiger partial charge in [-0.15, -0.1) is 11.3 Å². The van der Waals surface area contributed by atoms with E-state index in [4.69, 9.17) is 16.3 Å². The summed E-state index contributed by atoms with van der Waals surface area (Å²) >= 11 is 7.18. The van der Waals surface area contributed by atoms with Gasteiger partial charge in [0, 0.05) is 10.6 Å². The van der Waals surface area contributed by atoms with Crippen LogP contribution in [0.1, 0.15) is 20.5 Å².